The molecule has 5 nitrogen and oxygen atoms in total. The summed E-state index contributed by atoms with van der Waals surface area (Å²) in [5.74, 6) is 2.30. The van der Waals surface area contributed by atoms with Gasteiger partial charge in [-0.25, -0.2) is 0 Å². The molecule has 16 heavy (non-hydrogen) atoms. The van der Waals surface area contributed by atoms with Crippen LogP contribution in [0.25, 0.3) is 0 Å². The van der Waals surface area contributed by atoms with Crippen molar-refractivity contribution >= 4 is 0 Å². The molecule has 0 aliphatic carbocycles. The molecule has 0 saturated heterocycles. The topological polar surface area (TPSA) is 63.0 Å². The van der Waals surface area contributed by atoms with Crippen LogP contribution in [0.3, 0.4) is 0 Å². The van der Waals surface area contributed by atoms with Gasteiger partial charge in [-0.2, -0.15) is 0 Å². The Morgan fingerprint density at radius 3 is 2.75 bits per heavy atom. The van der Waals surface area contributed by atoms with Crippen LogP contribution in [0.2, 0.25) is 0 Å². The van der Waals surface area contributed by atoms with Gasteiger partial charge in [0.2, 0.25) is 0 Å². The van der Waals surface area contributed by atoms with Gasteiger partial charge in [0.15, 0.2) is 0 Å². The second-order valence-corrected chi connectivity index (χ2v) is 4.33. The highest BCUT2D eigenvalue weighted by atomic mass is 16.3. The second kappa shape index (κ2) is 6.60. The lowest BCUT2D eigenvalue weighted by Crippen LogP contribution is -2.18. The third-order valence-corrected chi connectivity index (χ3v) is 2.83. The summed E-state index contributed by atoms with van der Waals surface area (Å²) in [6.45, 7) is 6.00. The Balaban J connectivity index is 2.14. The molecule has 1 aromatic rings. The fourth-order valence-corrected chi connectivity index (χ4v) is 1.47. The van der Waals surface area contributed by atoms with Crippen LogP contribution in [0.5, 0.6) is 0 Å². The summed E-state index contributed by atoms with van der Waals surface area (Å²) < 4.78 is 1.99. The first-order valence-electron chi connectivity index (χ1n) is 5.81. The van der Waals surface area contributed by atoms with E-state index in [0.29, 0.717) is 5.92 Å². The standard InChI is InChI=1S/C11H22N4O/c1-9(8-16)5-4-6-12-7-11-14-13-10(2)15(11)3/h9,12,16H,4-8H2,1-3H3. The number of hydrogen-bond acceptors (Lipinski definition) is 4. The van der Waals surface area contributed by atoms with E-state index in [2.05, 4.69) is 22.4 Å². The van der Waals surface area contributed by atoms with Gasteiger partial charge in [-0.1, -0.05) is 6.92 Å². The molecule has 0 radical (unpaired) electrons. The maximum Gasteiger partial charge on any atom is 0.146 e. The minimum absolute atomic E-state index is 0.280. The third kappa shape index (κ3) is 3.90. The summed E-state index contributed by atoms with van der Waals surface area (Å²) in [6, 6.07) is 0. The lowest BCUT2D eigenvalue weighted by atomic mass is 10.1. The van der Waals surface area contributed by atoms with Gasteiger partial charge in [-0.3, -0.25) is 0 Å². The molecule has 0 saturated carbocycles. The quantitative estimate of drug-likeness (QED) is 0.669. The molecule has 0 fully saturated rings. The molecule has 1 heterocycles. The molecule has 1 unspecified atom stereocenters. The highest BCUT2D eigenvalue weighted by molar-refractivity contribution is 4.91. The first-order valence-corrected chi connectivity index (χ1v) is 5.81. The van der Waals surface area contributed by atoms with Crippen LogP contribution in [0.1, 0.15) is 31.4 Å². The SMILES string of the molecule is Cc1nnc(CNCCCC(C)CO)n1C. The highest BCUT2D eigenvalue weighted by Gasteiger charge is 2.04. The fourth-order valence-electron chi connectivity index (χ4n) is 1.47. The molecule has 1 atom stereocenters. The Hall–Kier alpha value is -0.940. The molecular formula is C11H22N4O. The monoisotopic (exact) mass is 226 g/mol. The summed E-state index contributed by atoms with van der Waals surface area (Å²) in [5, 5.41) is 20.3. The summed E-state index contributed by atoms with van der Waals surface area (Å²) in [4.78, 5) is 0. The molecule has 92 valence electrons. The lowest BCUT2D eigenvalue weighted by molar-refractivity contribution is 0.228. The smallest absolute Gasteiger partial charge is 0.146 e. The molecule has 5 heteroatoms. The van der Waals surface area contributed by atoms with Crippen LogP contribution in [0.4, 0.5) is 0 Å². The van der Waals surface area contributed by atoms with Crippen molar-refractivity contribution < 1.29 is 5.11 Å². The number of nitrogens with zero attached hydrogens (tertiary/aromatic N) is 3. The number of rotatable bonds is 7. The van der Waals surface area contributed by atoms with E-state index in [4.69, 9.17) is 5.11 Å². The number of nitrogens with one attached hydrogen (secondary N) is 1. The molecule has 0 aliphatic heterocycles. The van der Waals surface area contributed by atoms with Crippen molar-refractivity contribution in [1.29, 1.82) is 0 Å². The minimum Gasteiger partial charge on any atom is -0.396 e. The van der Waals surface area contributed by atoms with Crippen LogP contribution in [0, 0.1) is 12.8 Å². The zero-order valence-electron chi connectivity index (χ0n) is 10.4. The van der Waals surface area contributed by atoms with E-state index >= 15 is 0 Å². The first-order chi connectivity index (χ1) is 7.65. The second-order valence-electron chi connectivity index (χ2n) is 4.33. The maximum absolute atomic E-state index is 8.87. The molecule has 0 bridgehead atoms. The molecule has 1 rings (SSSR count). The summed E-state index contributed by atoms with van der Waals surface area (Å²) in [6.07, 6.45) is 2.14. The minimum atomic E-state index is 0.280. The van der Waals surface area contributed by atoms with Crippen LogP contribution in [0.15, 0.2) is 0 Å². The third-order valence-electron chi connectivity index (χ3n) is 2.83. The average Bonchev–Trinajstić information content (AvgIpc) is 2.60. The van der Waals surface area contributed by atoms with Crippen molar-refractivity contribution in [1.82, 2.24) is 20.1 Å². The summed E-state index contributed by atoms with van der Waals surface area (Å²) in [7, 11) is 1.97. The Labute approximate surface area is 96.9 Å². The lowest BCUT2D eigenvalue weighted by Gasteiger charge is -2.08. The van der Waals surface area contributed by atoms with E-state index in [0.717, 1.165) is 37.6 Å². The van der Waals surface area contributed by atoms with E-state index in [9.17, 15) is 0 Å². The van der Waals surface area contributed by atoms with Crippen molar-refractivity contribution in [3.8, 4) is 0 Å². The van der Waals surface area contributed by atoms with E-state index in [1.54, 1.807) is 0 Å². The van der Waals surface area contributed by atoms with E-state index < -0.39 is 0 Å². The number of hydrogen-bond donors (Lipinski definition) is 2. The zero-order valence-corrected chi connectivity index (χ0v) is 10.4. The number of aliphatic hydroxyl groups excluding tert-OH is 1. The number of aromatic nitrogens is 3. The zero-order chi connectivity index (χ0) is 12.0. The van der Waals surface area contributed by atoms with E-state index in [-0.39, 0.29) is 6.61 Å². The average molecular weight is 226 g/mol. The molecule has 0 aliphatic rings. The summed E-state index contributed by atoms with van der Waals surface area (Å²) in [5.41, 5.74) is 0. The number of aryl methyl sites for hydroxylation is 1. The maximum atomic E-state index is 8.87. The molecule has 0 spiro atoms. The number of aliphatic hydroxyl groups is 1. The first kappa shape index (κ1) is 13.1. The Morgan fingerprint density at radius 1 is 1.44 bits per heavy atom. The van der Waals surface area contributed by atoms with Crippen LogP contribution < -0.4 is 5.32 Å². The molecule has 1 aromatic heterocycles. The predicted octanol–water partition coefficient (Wildman–Crippen LogP) is 0.622. The predicted molar refractivity (Wildman–Crippen MR) is 62.9 cm³/mol. The van der Waals surface area contributed by atoms with Crippen molar-refractivity contribution in [2.75, 3.05) is 13.2 Å². The molecule has 0 amide bonds. The molecule has 0 aromatic carbocycles. The van der Waals surface area contributed by atoms with Gasteiger partial charge < -0.3 is 15.0 Å². The van der Waals surface area contributed by atoms with Crippen molar-refractivity contribution in [3.63, 3.8) is 0 Å². The van der Waals surface area contributed by atoms with Crippen LogP contribution >= 0.6 is 0 Å². The van der Waals surface area contributed by atoms with Gasteiger partial charge in [0, 0.05) is 13.7 Å². The fraction of sp³-hybridized carbons (Fsp3) is 0.818. The van der Waals surface area contributed by atoms with Gasteiger partial charge in [0.05, 0.1) is 6.54 Å². The van der Waals surface area contributed by atoms with Crippen molar-refractivity contribution in [3.05, 3.63) is 11.6 Å². The van der Waals surface area contributed by atoms with Crippen molar-refractivity contribution in [2.45, 2.75) is 33.2 Å². The van der Waals surface area contributed by atoms with Gasteiger partial charge in [-0.05, 0) is 32.2 Å². The van der Waals surface area contributed by atoms with Gasteiger partial charge in [0.25, 0.3) is 0 Å². The molecular weight excluding hydrogens is 204 g/mol. The van der Waals surface area contributed by atoms with Gasteiger partial charge in [-0.15, -0.1) is 10.2 Å². The van der Waals surface area contributed by atoms with Crippen LogP contribution in [-0.4, -0.2) is 33.0 Å². The van der Waals surface area contributed by atoms with E-state index in [1.165, 1.54) is 0 Å². The highest BCUT2D eigenvalue weighted by Crippen LogP contribution is 2.03. The van der Waals surface area contributed by atoms with Gasteiger partial charge in [0.1, 0.15) is 11.6 Å². The Kier molecular flexibility index (Phi) is 5.42. The normalized spacial score (nSPS) is 13.0. The molecule has 2 N–H and O–H groups in total. The largest absolute Gasteiger partial charge is 0.396 e. The Bertz CT molecular complexity index is 311. The van der Waals surface area contributed by atoms with Crippen LogP contribution in [-0.2, 0) is 13.6 Å². The van der Waals surface area contributed by atoms with E-state index in [1.807, 2.05) is 18.5 Å². The van der Waals surface area contributed by atoms with Gasteiger partial charge >= 0.3 is 0 Å². The summed E-state index contributed by atoms with van der Waals surface area (Å²) >= 11 is 0. The Morgan fingerprint density at radius 2 is 2.19 bits per heavy atom. The van der Waals surface area contributed by atoms with Crippen molar-refractivity contribution in [2.24, 2.45) is 13.0 Å².